The SMILES string of the molecule is OCCOCCSc1ccc(Sc2ccc(SCCOCCO)cc2)cc1. The molecular weight excluding hydrogens is 400 g/mol. The van der Waals surface area contributed by atoms with Gasteiger partial charge >= 0.3 is 0 Å². The van der Waals surface area contributed by atoms with Gasteiger partial charge in [-0.25, -0.2) is 0 Å². The number of hydrogen-bond donors (Lipinski definition) is 2. The van der Waals surface area contributed by atoms with Gasteiger partial charge in [0, 0.05) is 31.1 Å². The Kier molecular flexibility index (Phi) is 12.0. The van der Waals surface area contributed by atoms with E-state index in [1.54, 1.807) is 35.3 Å². The number of thioether (sulfide) groups is 2. The maximum Gasteiger partial charge on any atom is 0.0698 e. The predicted molar refractivity (Wildman–Crippen MR) is 114 cm³/mol. The summed E-state index contributed by atoms with van der Waals surface area (Å²) in [6, 6.07) is 17.1. The number of ether oxygens (including phenoxy) is 2. The van der Waals surface area contributed by atoms with Crippen molar-refractivity contribution in [1.29, 1.82) is 0 Å². The van der Waals surface area contributed by atoms with Crippen molar-refractivity contribution in [3.63, 3.8) is 0 Å². The summed E-state index contributed by atoms with van der Waals surface area (Å²) < 4.78 is 10.5. The van der Waals surface area contributed by atoms with Gasteiger partial charge < -0.3 is 19.7 Å². The fourth-order valence-electron chi connectivity index (χ4n) is 2.11. The minimum Gasteiger partial charge on any atom is -0.394 e. The molecule has 0 atom stereocenters. The summed E-state index contributed by atoms with van der Waals surface area (Å²) in [6.45, 7) is 2.28. The molecule has 0 bridgehead atoms. The van der Waals surface area contributed by atoms with Crippen molar-refractivity contribution < 1.29 is 19.7 Å². The van der Waals surface area contributed by atoms with Gasteiger partial charge in [-0.3, -0.25) is 0 Å². The molecule has 0 saturated heterocycles. The van der Waals surface area contributed by atoms with Crippen molar-refractivity contribution in [2.45, 2.75) is 19.6 Å². The van der Waals surface area contributed by atoms with Crippen LogP contribution in [0.25, 0.3) is 0 Å². The molecule has 2 N–H and O–H groups in total. The summed E-state index contributed by atoms with van der Waals surface area (Å²) in [7, 11) is 0. The lowest BCUT2D eigenvalue weighted by Crippen LogP contribution is -2.02. The molecule has 27 heavy (non-hydrogen) atoms. The fraction of sp³-hybridized carbons (Fsp3) is 0.400. The van der Waals surface area contributed by atoms with Crippen molar-refractivity contribution in [1.82, 2.24) is 0 Å². The molecule has 0 aromatic heterocycles. The molecule has 0 spiro atoms. The average molecular weight is 427 g/mol. The molecule has 0 fully saturated rings. The summed E-state index contributed by atoms with van der Waals surface area (Å²) in [4.78, 5) is 4.88. The highest BCUT2D eigenvalue weighted by atomic mass is 32.2. The van der Waals surface area contributed by atoms with Gasteiger partial charge in [0.15, 0.2) is 0 Å². The Balaban J connectivity index is 1.71. The Morgan fingerprint density at radius 3 is 1.30 bits per heavy atom. The number of aliphatic hydroxyl groups excluding tert-OH is 2. The molecule has 0 radical (unpaired) electrons. The quantitative estimate of drug-likeness (QED) is 0.349. The van der Waals surface area contributed by atoms with E-state index in [9.17, 15) is 0 Å². The molecule has 0 saturated carbocycles. The van der Waals surface area contributed by atoms with Gasteiger partial charge in [0.05, 0.1) is 39.6 Å². The summed E-state index contributed by atoms with van der Waals surface area (Å²) in [5.74, 6) is 1.77. The number of aliphatic hydroxyl groups is 2. The van der Waals surface area contributed by atoms with E-state index >= 15 is 0 Å². The highest BCUT2D eigenvalue weighted by Crippen LogP contribution is 2.31. The molecule has 0 aliphatic heterocycles. The third-order valence-electron chi connectivity index (χ3n) is 3.35. The zero-order valence-corrected chi connectivity index (χ0v) is 17.7. The van der Waals surface area contributed by atoms with Crippen molar-refractivity contribution in [3.05, 3.63) is 48.5 Å². The van der Waals surface area contributed by atoms with E-state index in [0.29, 0.717) is 26.4 Å². The standard InChI is InChI=1S/C20H26O4S3/c21-9-11-23-13-15-25-17-1-5-19(6-2-17)27-20-7-3-18(4-8-20)26-16-14-24-12-10-22/h1-8,21-22H,9-16H2. The minimum absolute atomic E-state index is 0.0787. The first-order valence-corrected chi connectivity index (χ1v) is 11.6. The molecule has 0 heterocycles. The van der Waals surface area contributed by atoms with Crippen LogP contribution in [-0.2, 0) is 9.47 Å². The van der Waals surface area contributed by atoms with Gasteiger partial charge in [0.25, 0.3) is 0 Å². The van der Waals surface area contributed by atoms with E-state index in [2.05, 4.69) is 48.5 Å². The zero-order valence-electron chi connectivity index (χ0n) is 15.2. The Bertz CT molecular complexity index is 565. The lowest BCUT2D eigenvalue weighted by molar-refractivity contribution is 0.103. The third kappa shape index (κ3) is 9.89. The smallest absolute Gasteiger partial charge is 0.0698 e. The minimum atomic E-state index is 0.0787. The van der Waals surface area contributed by atoms with E-state index in [-0.39, 0.29) is 13.2 Å². The van der Waals surface area contributed by atoms with Crippen molar-refractivity contribution in [2.75, 3.05) is 51.1 Å². The van der Waals surface area contributed by atoms with E-state index in [0.717, 1.165) is 11.5 Å². The van der Waals surface area contributed by atoms with Crippen LogP contribution in [0.1, 0.15) is 0 Å². The number of hydrogen-bond acceptors (Lipinski definition) is 7. The largest absolute Gasteiger partial charge is 0.394 e. The van der Waals surface area contributed by atoms with Gasteiger partial charge in [-0.15, -0.1) is 23.5 Å². The van der Waals surface area contributed by atoms with Crippen LogP contribution in [0.15, 0.2) is 68.1 Å². The molecule has 2 aromatic rings. The summed E-state index contributed by atoms with van der Waals surface area (Å²) in [6.07, 6.45) is 0. The maximum absolute atomic E-state index is 8.67. The maximum atomic E-state index is 8.67. The molecule has 0 aliphatic carbocycles. The Morgan fingerprint density at radius 2 is 0.926 bits per heavy atom. The molecule has 2 rings (SSSR count). The van der Waals surface area contributed by atoms with E-state index in [4.69, 9.17) is 19.7 Å². The highest BCUT2D eigenvalue weighted by Gasteiger charge is 2.01. The zero-order chi connectivity index (χ0) is 19.2. The van der Waals surface area contributed by atoms with E-state index in [1.165, 1.54) is 19.6 Å². The Labute approximate surface area is 174 Å². The van der Waals surface area contributed by atoms with Crippen LogP contribution in [0.2, 0.25) is 0 Å². The van der Waals surface area contributed by atoms with Gasteiger partial charge in [-0.2, -0.15) is 0 Å². The monoisotopic (exact) mass is 426 g/mol. The number of rotatable bonds is 14. The third-order valence-corrected chi connectivity index (χ3v) is 6.32. The molecule has 0 aliphatic rings. The van der Waals surface area contributed by atoms with Crippen LogP contribution in [0.3, 0.4) is 0 Å². The Hall–Kier alpha value is -0.670. The molecule has 4 nitrogen and oxygen atoms in total. The first-order valence-electron chi connectivity index (χ1n) is 8.82. The van der Waals surface area contributed by atoms with Crippen LogP contribution in [0.4, 0.5) is 0 Å². The number of benzene rings is 2. The molecule has 2 aromatic carbocycles. The Morgan fingerprint density at radius 1 is 0.556 bits per heavy atom. The topological polar surface area (TPSA) is 58.9 Å². The van der Waals surface area contributed by atoms with Gasteiger partial charge in [-0.1, -0.05) is 11.8 Å². The first-order chi connectivity index (χ1) is 13.3. The lowest BCUT2D eigenvalue weighted by atomic mass is 10.4. The van der Waals surface area contributed by atoms with Crippen LogP contribution >= 0.6 is 35.3 Å². The van der Waals surface area contributed by atoms with Crippen LogP contribution in [0.5, 0.6) is 0 Å². The summed E-state index contributed by atoms with van der Waals surface area (Å²) >= 11 is 5.27. The van der Waals surface area contributed by atoms with Gasteiger partial charge in [-0.05, 0) is 48.5 Å². The highest BCUT2D eigenvalue weighted by molar-refractivity contribution is 8.00. The molecule has 7 heteroatoms. The molecule has 148 valence electrons. The van der Waals surface area contributed by atoms with Crippen molar-refractivity contribution in [2.24, 2.45) is 0 Å². The second kappa shape index (κ2) is 14.3. The first kappa shape index (κ1) is 22.6. The second-order valence-electron chi connectivity index (χ2n) is 5.41. The van der Waals surface area contributed by atoms with Gasteiger partial charge in [0.2, 0.25) is 0 Å². The van der Waals surface area contributed by atoms with E-state index < -0.39 is 0 Å². The van der Waals surface area contributed by atoms with Crippen LogP contribution < -0.4 is 0 Å². The fourth-order valence-corrected chi connectivity index (χ4v) is 4.46. The summed E-state index contributed by atoms with van der Waals surface area (Å²) in [5, 5.41) is 17.3. The normalized spacial score (nSPS) is 11.0. The average Bonchev–Trinajstić information content (AvgIpc) is 2.70. The van der Waals surface area contributed by atoms with Crippen molar-refractivity contribution in [3.8, 4) is 0 Å². The molecule has 0 amide bonds. The van der Waals surface area contributed by atoms with Crippen LogP contribution in [-0.4, -0.2) is 61.4 Å². The molecular formula is C20H26O4S3. The summed E-state index contributed by atoms with van der Waals surface area (Å²) in [5.41, 5.74) is 0. The lowest BCUT2D eigenvalue weighted by Gasteiger charge is -2.06. The molecule has 0 unspecified atom stereocenters. The second-order valence-corrected chi connectivity index (χ2v) is 8.90. The van der Waals surface area contributed by atoms with Crippen molar-refractivity contribution >= 4 is 35.3 Å². The van der Waals surface area contributed by atoms with Crippen LogP contribution in [0, 0.1) is 0 Å². The van der Waals surface area contributed by atoms with Gasteiger partial charge in [0.1, 0.15) is 0 Å². The van der Waals surface area contributed by atoms with E-state index in [1.807, 2.05) is 0 Å². The predicted octanol–water partition coefficient (Wildman–Crippen LogP) is 4.04.